The van der Waals surface area contributed by atoms with Gasteiger partial charge in [-0.3, -0.25) is 0 Å². The zero-order valence-corrected chi connectivity index (χ0v) is 26.3. The predicted molar refractivity (Wildman–Crippen MR) is 199 cm³/mol. The van der Waals surface area contributed by atoms with Crippen molar-refractivity contribution < 1.29 is 0 Å². The minimum absolute atomic E-state index is 0.661. The van der Waals surface area contributed by atoms with Crippen LogP contribution < -0.4 is 0 Å². The van der Waals surface area contributed by atoms with Crippen LogP contribution in [0.5, 0.6) is 0 Å². The van der Waals surface area contributed by atoms with Crippen LogP contribution in [-0.4, -0.2) is 0 Å². The molecule has 7 aromatic carbocycles. The topological polar surface area (TPSA) is 23.8 Å². The lowest BCUT2D eigenvalue weighted by Gasteiger charge is -2.15. The van der Waals surface area contributed by atoms with Crippen LogP contribution in [0, 0.1) is 11.3 Å². The van der Waals surface area contributed by atoms with Gasteiger partial charge in [-0.1, -0.05) is 84.9 Å². The third-order valence-electron chi connectivity index (χ3n) is 8.89. The summed E-state index contributed by atoms with van der Waals surface area (Å²) in [6.45, 7) is 0. The van der Waals surface area contributed by atoms with Crippen molar-refractivity contribution in [1.29, 1.82) is 5.26 Å². The second-order valence-corrected chi connectivity index (χ2v) is 13.8. The van der Waals surface area contributed by atoms with Crippen molar-refractivity contribution in [3.05, 3.63) is 157 Å². The Morgan fingerprint density at radius 1 is 0.348 bits per heavy atom. The maximum Gasteiger partial charge on any atom is 0.0991 e. The van der Waals surface area contributed by atoms with Crippen LogP contribution in [0.15, 0.2) is 152 Å². The molecule has 2 heterocycles. The van der Waals surface area contributed by atoms with Crippen molar-refractivity contribution in [3.63, 3.8) is 0 Å². The fourth-order valence-corrected chi connectivity index (χ4v) is 8.84. The molecule has 1 nitrogen and oxygen atoms in total. The summed E-state index contributed by atoms with van der Waals surface area (Å²) in [6.07, 6.45) is 0. The van der Waals surface area contributed by atoms with E-state index in [-0.39, 0.29) is 0 Å². The van der Waals surface area contributed by atoms with Crippen molar-refractivity contribution >= 4 is 63.0 Å². The van der Waals surface area contributed by atoms with E-state index in [0.29, 0.717) is 5.56 Å². The first-order chi connectivity index (χ1) is 22.7. The van der Waals surface area contributed by atoms with Gasteiger partial charge >= 0.3 is 0 Å². The smallest absolute Gasteiger partial charge is 0.0991 e. The van der Waals surface area contributed by atoms with Gasteiger partial charge in [0, 0.05) is 40.3 Å². The van der Waals surface area contributed by atoms with Gasteiger partial charge in [-0.2, -0.15) is 5.26 Å². The van der Waals surface area contributed by atoms with Crippen LogP contribution in [0.1, 0.15) is 5.56 Å². The lowest BCUT2D eigenvalue weighted by molar-refractivity contribution is 1.48. The van der Waals surface area contributed by atoms with Crippen LogP contribution in [0.4, 0.5) is 0 Å². The summed E-state index contributed by atoms with van der Waals surface area (Å²) in [5.41, 5.74) is 9.87. The van der Waals surface area contributed by atoms with Crippen LogP contribution in [-0.2, 0) is 0 Å². The molecule has 0 N–H and O–H groups in total. The second-order valence-electron chi connectivity index (χ2n) is 11.7. The number of hydrogen-bond acceptors (Lipinski definition) is 3. The van der Waals surface area contributed by atoms with Crippen LogP contribution in [0.25, 0.3) is 84.9 Å². The summed E-state index contributed by atoms with van der Waals surface area (Å²) in [5, 5.41) is 14.8. The van der Waals surface area contributed by atoms with E-state index in [0.717, 1.165) is 22.3 Å². The number of fused-ring (bicyclic) bond motifs is 6. The Balaban J connectivity index is 1.28. The largest absolute Gasteiger partial charge is 0.192 e. The molecule has 0 amide bonds. The molecule has 0 bridgehead atoms. The zero-order chi connectivity index (χ0) is 30.6. The van der Waals surface area contributed by atoms with Gasteiger partial charge in [-0.25, -0.2) is 0 Å². The fourth-order valence-electron chi connectivity index (χ4n) is 6.67. The summed E-state index contributed by atoms with van der Waals surface area (Å²) in [7, 11) is 0. The quantitative estimate of drug-likeness (QED) is 0.192. The van der Waals surface area contributed by atoms with E-state index in [4.69, 9.17) is 0 Å². The van der Waals surface area contributed by atoms with E-state index in [1.54, 1.807) is 0 Å². The molecule has 2 aromatic heterocycles. The molecule has 0 saturated carbocycles. The SMILES string of the molecule is N#Cc1cccc(-c2ccccc2-c2cc(-c3ccc4sc5ccccc5c4c3)cc(-c3ccc4sc5ccccc5c4c3)c2)c1. The van der Waals surface area contributed by atoms with Gasteiger partial charge in [-0.15, -0.1) is 22.7 Å². The number of thiophene rings is 2. The molecule has 0 atom stereocenters. The van der Waals surface area contributed by atoms with Crippen LogP contribution in [0.3, 0.4) is 0 Å². The minimum Gasteiger partial charge on any atom is -0.192 e. The normalized spacial score (nSPS) is 11.5. The van der Waals surface area contributed by atoms with Gasteiger partial charge in [0.1, 0.15) is 0 Å². The Labute approximate surface area is 274 Å². The maximum atomic E-state index is 9.62. The van der Waals surface area contributed by atoms with Crippen LogP contribution >= 0.6 is 22.7 Å². The molecule has 0 aliphatic carbocycles. The van der Waals surface area contributed by atoms with Crippen molar-refractivity contribution in [2.75, 3.05) is 0 Å². The summed E-state index contributed by atoms with van der Waals surface area (Å²) >= 11 is 3.70. The monoisotopic (exact) mass is 619 g/mol. The summed E-state index contributed by atoms with van der Waals surface area (Å²) < 4.78 is 5.24. The summed E-state index contributed by atoms with van der Waals surface area (Å²) in [5.74, 6) is 0. The van der Waals surface area contributed by atoms with Gasteiger partial charge in [0.2, 0.25) is 0 Å². The fraction of sp³-hybridized carbons (Fsp3) is 0. The Bertz CT molecular complexity index is 2530. The van der Waals surface area contributed by atoms with Crippen LogP contribution in [0.2, 0.25) is 0 Å². The molecule has 0 aliphatic rings. The third-order valence-corrected chi connectivity index (χ3v) is 11.2. The van der Waals surface area contributed by atoms with E-state index < -0.39 is 0 Å². The first-order valence-corrected chi connectivity index (χ1v) is 16.9. The van der Waals surface area contributed by atoms with E-state index in [2.05, 4.69) is 140 Å². The summed E-state index contributed by atoms with van der Waals surface area (Å²) in [4.78, 5) is 0. The van der Waals surface area contributed by atoms with E-state index in [9.17, 15) is 5.26 Å². The lowest BCUT2D eigenvalue weighted by Crippen LogP contribution is -1.89. The van der Waals surface area contributed by atoms with Crippen molar-refractivity contribution in [2.45, 2.75) is 0 Å². The Morgan fingerprint density at radius 3 is 1.43 bits per heavy atom. The highest BCUT2D eigenvalue weighted by molar-refractivity contribution is 7.26. The van der Waals surface area contributed by atoms with Gasteiger partial charge in [-0.05, 0) is 111 Å². The first-order valence-electron chi connectivity index (χ1n) is 15.3. The van der Waals surface area contributed by atoms with Gasteiger partial charge in [0.25, 0.3) is 0 Å². The molecule has 3 heteroatoms. The number of hydrogen-bond donors (Lipinski definition) is 0. The predicted octanol–water partition coefficient (Wildman–Crippen LogP) is 13.0. The zero-order valence-electron chi connectivity index (χ0n) is 24.7. The van der Waals surface area contributed by atoms with Crippen molar-refractivity contribution in [1.82, 2.24) is 0 Å². The number of nitriles is 1. The Hall–Kier alpha value is -5.53. The van der Waals surface area contributed by atoms with Gasteiger partial charge in [0.05, 0.1) is 11.6 Å². The molecular weight excluding hydrogens is 595 g/mol. The second kappa shape index (κ2) is 10.8. The third kappa shape index (κ3) is 4.51. The molecule has 0 radical (unpaired) electrons. The molecule has 0 spiro atoms. The highest BCUT2D eigenvalue weighted by Crippen LogP contribution is 2.42. The van der Waals surface area contributed by atoms with Crippen molar-refractivity contribution in [3.8, 4) is 50.6 Å². The standard InChI is InChI=1S/C43H25NS2/c44-26-27-8-7-9-30(20-27)34-10-1-2-11-35(34)33-22-31(28-16-18-42-38(24-28)36-12-3-5-14-40(36)45-42)21-32(23-33)29-17-19-43-39(25-29)37-13-4-6-15-41(37)46-43/h1-25H. The van der Waals surface area contributed by atoms with Gasteiger partial charge in [0.15, 0.2) is 0 Å². The lowest BCUT2D eigenvalue weighted by atomic mass is 9.89. The molecule has 0 fully saturated rings. The average molecular weight is 620 g/mol. The molecule has 0 aliphatic heterocycles. The molecule has 9 aromatic rings. The molecule has 214 valence electrons. The molecule has 9 rings (SSSR count). The highest BCUT2D eigenvalue weighted by Gasteiger charge is 2.14. The Kier molecular flexibility index (Phi) is 6.31. The summed E-state index contributed by atoms with van der Waals surface area (Å²) in [6, 6.07) is 56.9. The first kappa shape index (κ1) is 26.8. The molecular formula is C43H25NS2. The maximum absolute atomic E-state index is 9.62. The molecule has 46 heavy (non-hydrogen) atoms. The minimum atomic E-state index is 0.661. The average Bonchev–Trinajstić information content (AvgIpc) is 3.69. The van der Waals surface area contributed by atoms with E-state index in [1.165, 1.54) is 62.6 Å². The number of nitrogens with zero attached hydrogens (tertiary/aromatic N) is 1. The Morgan fingerprint density at radius 2 is 0.848 bits per heavy atom. The number of rotatable bonds is 4. The van der Waals surface area contributed by atoms with Gasteiger partial charge < -0.3 is 0 Å². The van der Waals surface area contributed by atoms with E-state index >= 15 is 0 Å². The molecule has 0 saturated heterocycles. The highest BCUT2D eigenvalue weighted by atomic mass is 32.1. The van der Waals surface area contributed by atoms with E-state index in [1.807, 2.05) is 40.9 Å². The molecule has 0 unspecified atom stereocenters. The van der Waals surface area contributed by atoms with Crippen molar-refractivity contribution in [2.24, 2.45) is 0 Å². The number of benzene rings is 7.